The maximum Gasteiger partial charge on any atom is 0.149 e. The van der Waals surface area contributed by atoms with Crippen LogP contribution in [0.15, 0.2) is 24.8 Å². The topological polar surface area (TPSA) is 55.6 Å². The number of hydrogen-bond donors (Lipinski definition) is 1. The molecular weight excluding hydrogens is 214 g/mol. The molecule has 0 aliphatic carbocycles. The molecule has 0 amide bonds. The zero-order valence-corrected chi connectivity index (χ0v) is 10.4. The summed E-state index contributed by atoms with van der Waals surface area (Å²) in [6.07, 6.45) is 7.53. The highest BCUT2D eigenvalue weighted by atomic mass is 15.3. The molecule has 2 heterocycles. The van der Waals surface area contributed by atoms with Crippen LogP contribution in [0.5, 0.6) is 0 Å². The van der Waals surface area contributed by atoms with Gasteiger partial charge in [0.2, 0.25) is 0 Å². The number of nitrogens with zero attached hydrogens (tertiary/aromatic N) is 4. The van der Waals surface area contributed by atoms with Crippen LogP contribution in [0.1, 0.15) is 29.9 Å². The Bertz CT molecular complexity index is 474. The molecule has 0 aliphatic heterocycles. The Kier molecular flexibility index (Phi) is 3.49. The van der Waals surface area contributed by atoms with Gasteiger partial charge < -0.3 is 5.32 Å². The highest BCUT2D eigenvalue weighted by Crippen LogP contribution is 2.17. The Labute approximate surface area is 101 Å². The molecule has 2 aromatic rings. The van der Waals surface area contributed by atoms with Crippen LogP contribution in [-0.2, 0) is 6.54 Å². The third-order valence-electron chi connectivity index (χ3n) is 2.66. The number of hydrogen-bond acceptors (Lipinski definition) is 4. The van der Waals surface area contributed by atoms with Gasteiger partial charge in [-0.1, -0.05) is 0 Å². The lowest BCUT2D eigenvalue weighted by atomic mass is 10.1. The summed E-state index contributed by atoms with van der Waals surface area (Å²) in [6.45, 7) is 4.91. The third-order valence-corrected chi connectivity index (χ3v) is 2.66. The van der Waals surface area contributed by atoms with E-state index in [9.17, 15) is 0 Å². The van der Waals surface area contributed by atoms with Crippen LogP contribution in [0.4, 0.5) is 0 Å². The molecule has 0 saturated carbocycles. The van der Waals surface area contributed by atoms with Crippen LogP contribution in [0.25, 0.3) is 0 Å². The molecule has 0 bridgehead atoms. The maximum absolute atomic E-state index is 4.35. The van der Waals surface area contributed by atoms with Crippen molar-refractivity contribution in [1.29, 1.82) is 0 Å². The first-order valence-electron chi connectivity index (χ1n) is 5.72. The van der Waals surface area contributed by atoms with Gasteiger partial charge in [-0.15, -0.1) is 0 Å². The zero-order valence-electron chi connectivity index (χ0n) is 10.4. The van der Waals surface area contributed by atoms with Gasteiger partial charge in [0.05, 0.1) is 12.2 Å². The molecule has 2 aromatic heterocycles. The predicted molar refractivity (Wildman–Crippen MR) is 65.6 cm³/mol. The first-order valence-corrected chi connectivity index (χ1v) is 5.72. The highest BCUT2D eigenvalue weighted by molar-refractivity contribution is 5.19. The zero-order chi connectivity index (χ0) is 12.3. The standard InChI is InChI=1S/C12H17N5/c1-4-17-8-10(7-16-17)11(13-3)12-14-5-9(2)6-15-12/h5-8,11,13H,4H2,1-3H3. The highest BCUT2D eigenvalue weighted by Gasteiger charge is 2.16. The quantitative estimate of drug-likeness (QED) is 0.862. The molecule has 5 nitrogen and oxygen atoms in total. The molecule has 17 heavy (non-hydrogen) atoms. The molecule has 1 atom stereocenters. The molecule has 0 radical (unpaired) electrons. The average Bonchev–Trinajstić information content (AvgIpc) is 2.81. The predicted octanol–water partition coefficient (Wildman–Crippen LogP) is 1.31. The van der Waals surface area contributed by atoms with Gasteiger partial charge in [0.15, 0.2) is 0 Å². The van der Waals surface area contributed by atoms with Gasteiger partial charge in [0.1, 0.15) is 5.82 Å². The lowest BCUT2D eigenvalue weighted by Crippen LogP contribution is -2.19. The van der Waals surface area contributed by atoms with Gasteiger partial charge >= 0.3 is 0 Å². The molecule has 0 aromatic carbocycles. The molecular formula is C12H17N5. The van der Waals surface area contributed by atoms with Crippen molar-refractivity contribution >= 4 is 0 Å². The normalized spacial score (nSPS) is 12.6. The Balaban J connectivity index is 2.29. The lowest BCUT2D eigenvalue weighted by molar-refractivity contribution is 0.636. The van der Waals surface area contributed by atoms with E-state index in [0.717, 1.165) is 23.5 Å². The van der Waals surface area contributed by atoms with E-state index in [0.29, 0.717) is 0 Å². The van der Waals surface area contributed by atoms with Crippen LogP contribution in [-0.4, -0.2) is 26.8 Å². The molecule has 0 saturated heterocycles. The second-order valence-electron chi connectivity index (χ2n) is 3.97. The minimum atomic E-state index is -0.00380. The summed E-state index contributed by atoms with van der Waals surface area (Å²) >= 11 is 0. The summed E-state index contributed by atoms with van der Waals surface area (Å²) in [7, 11) is 1.90. The van der Waals surface area contributed by atoms with Crippen molar-refractivity contribution in [3.63, 3.8) is 0 Å². The lowest BCUT2D eigenvalue weighted by Gasteiger charge is -2.12. The van der Waals surface area contributed by atoms with Crippen LogP contribution < -0.4 is 5.32 Å². The fraction of sp³-hybridized carbons (Fsp3) is 0.417. The SMILES string of the molecule is CCn1cc(C(NC)c2ncc(C)cn2)cn1. The van der Waals surface area contributed by atoms with Gasteiger partial charge in [0.25, 0.3) is 0 Å². The van der Waals surface area contributed by atoms with Gasteiger partial charge in [-0.2, -0.15) is 5.10 Å². The van der Waals surface area contributed by atoms with Crippen molar-refractivity contribution in [2.45, 2.75) is 26.4 Å². The van der Waals surface area contributed by atoms with Crippen molar-refractivity contribution in [3.05, 3.63) is 41.7 Å². The van der Waals surface area contributed by atoms with Crippen molar-refractivity contribution < 1.29 is 0 Å². The summed E-state index contributed by atoms with van der Waals surface area (Å²) in [5, 5.41) is 7.48. The molecule has 0 spiro atoms. The van der Waals surface area contributed by atoms with E-state index in [2.05, 4.69) is 27.3 Å². The minimum absolute atomic E-state index is 0.00380. The van der Waals surface area contributed by atoms with Crippen molar-refractivity contribution in [1.82, 2.24) is 25.1 Å². The maximum atomic E-state index is 4.35. The monoisotopic (exact) mass is 231 g/mol. The largest absolute Gasteiger partial charge is 0.307 e. The van der Waals surface area contributed by atoms with Crippen LogP contribution in [0.3, 0.4) is 0 Å². The van der Waals surface area contributed by atoms with Crippen LogP contribution in [0, 0.1) is 6.92 Å². The summed E-state index contributed by atoms with van der Waals surface area (Å²) in [4.78, 5) is 8.70. The molecule has 90 valence electrons. The van der Waals surface area contributed by atoms with Crippen molar-refractivity contribution in [3.8, 4) is 0 Å². The van der Waals surface area contributed by atoms with E-state index in [1.165, 1.54) is 0 Å². The van der Waals surface area contributed by atoms with Gasteiger partial charge in [-0.25, -0.2) is 9.97 Å². The fourth-order valence-corrected chi connectivity index (χ4v) is 1.70. The summed E-state index contributed by atoms with van der Waals surface area (Å²) in [6, 6.07) is -0.00380. The van der Waals surface area contributed by atoms with Gasteiger partial charge in [-0.3, -0.25) is 4.68 Å². The van der Waals surface area contributed by atoms with Gasteiger partial charge in [0, 0.05) is 30.7 Å². The van der Waals surface area contributed by atoms with Crippen LogP contribution >= 0.6 is 0 Å². The molecule has 1 unspecified atom stereocenters. The fourth-order valence-electron chi connectivity index (χ4n) is 1.70. The Morgan fingerprint density at radius 1 is 1.29 bits per heavy atom. The first kappa shape index (κ1) is 11.7. The third kappa shape index (κ3) is 2.50. The van der Waals surface area contributed by atoms with Gasteiger partial charge in [-0.05, 0) is 26.5 Å². The minimum Gasteiger partial charge on any atom is -0.307 e. The summed E-state index contributed by atoms with van der Waals surface area (Å²) in [5.74, 6) is 0.772. The summed E-state index contributed by atoms with van der Waals surface area (Å²) in [5.41, 5.74) is 2.14. The van der Waals surface area contributed by atoms with E-state index in [1.807, 2.05) is 43.4 Å². The second kappa shape index (κ2) is 5.05. The number of nitrogens with one attached hydrogen (secondary N) is 1. The Morgan fingerprint density at radius 3 is 2.53 bits per heavy atom. The second-order valence-corrected chi connectivity index (χ2v) is 3.97. The van der Waals surface area contributed by atoms with E-state index in [4.69, 9.17) is 0 Å². The van der Waals surface area contributed by atoms with Crippen molar-refractivity contribution in [2.75, 3.05) is 7.05 Å². The summed E-state index contributed by atoms with van der Waals surface area (Å²) < 4.78 is 1.90. The first-order chi connectivity index (χ1) is 8.24. The van der Waals surface area contributed by atoms with Crippen molar-refractivity contribution in [2.24, 2.45) is 0 Å². The average molecular weight is 231 g/mol. The van der Waals surface area contributed by atoms with Crippen LogP contribution in [0.2, 0.25) is 0 Å². The Morgan fingerprint density at radius 2 is 2.00 bits per heavy atom. The van der Waals surface area contributed by atoms with E-state index in [-0.39, 0.29) is 6.04 Å². The number of aryl methyl sites for hydroxylation is 2. The van der Waals surface area contributed by atoms with E-state index in [1.54, 1.807) is 0 Å². The smallest absolute Gasteiger partial charge is 0.149 e. The molecule has 5 heteroatoms. The molecule has 2 rings (SSSR count). The number of rotatable bonds is 4. The molecule has 0 fully saturated rings. The van der Waals surface area contributed by atoms with E-state index < -0.39 is 0 Å². The Hall–Kier alpha value is -1.75. The molecule has 1 N–H and O–H groups in total. The number of aromatic nitrogens is 4. The molecule has 0 aliphatic rings. The van der Waals surface area contributed by atoms with E-state index >= 15 is 0 Å².